The third-order valence-electron chi connectivity index (χ3n) is 2.69. The van der Waals surface area contributed by atoms with Gasteiger partial charge in [0.15, 0.2) is 0 Å². The molecule has 0 aliphatic carbocycles. The van der Waals surface area contributed by atoms with Gasteiger partial charge in [-0.25, -0.2) is 4.79 Å². The van der Waals surface area contributed by atoms with E-state index in [0.717, 1.165) is 11.3 Å². The molecule has 0 aliphatic heterocycles. The third kappa shape index (κ3) is 4.28. The van der Waals surface area contributed by atoms with E-state index in [1.807, 2.05) is 52.0 Å². The average molecular weight is 251 g/mol. The van der Waals surface area contributed by atoms with Crippen LogP contribution < -0.4 is 10.1 Å². The smallest absolute Gasteiger partial charge is 0.404 e. The molecule has 100 valence electrons. The maximum absolute atomic E-state index is 10.5. The normalized spacial score (nSPS) is 11.4. The Hall–Kier alpha value is -1.71. The van der Waals surface area contributed by atoms with Crippen molar-refractivity contribution in [2.75, 3.05) is 6.54 Å². The molecule has 4 heteroatoms. The lowest BCUT2D eigenvalue weighted by Gasteiger charge is -2.25. The molecule has 0 aliphatic rings. The highest BCUT2D eigenvalue weighted by Crippen LogP contribution is 2.24. The quantitative estimate of drug-likeness (QED) is 0.845. The van der Waals surface area contributed by atoms with E-state index in [1.54, 1.807) is 0 Å². The number of carbonyl (C=O) groups is 1. The summed E-state index contributed by atoms with van der Waals surface area (Å²) in [5.74, 6) is 0.829. The molecule has 0 aromatic heterocycles. The van der Waals surface area contributed by atoms with Crippen molar-refractivity contribution in [3.63, 3.8) is 0 Å². The second-order valence-electron chi connectivity index (χ2n) is 5.23. The van der Waals surface area contributed by atoms with Crippen molar-refractivity contribution >= 4 is 6.09 Å². The molecule has 1 aromatic carbocycles. The zero-order valence-corrected chi connectivity index (χ0v) is 11.4. The zero-order chi connectivity index (χ0) is 13.8. The molecule has 18 heavy (non-hydrogen) atoms. The minimum absolute atomic E-state index is 0.150. The lowest BCUT2D eigenvalue weighted by molar-refractivity contribution is 0.192. The minimum atomic E-state index is -0.997. The summed E-state index contributed by atoms with van der Waals surface area (Å²) in [4.78, 5) is 10.5. The molecule has 0 unspecified atom stereocenters. The Kier molecular flexibility index (Phi) is 4.59. The number of nitrogens with one attached hydrogen (secondary N) is 1. The summed E-state index contributed by atoms with van der Waals surface area (Å²) in [5.41, 5.74) is 0.835. The Morgan fingerprint density at radius 3 is 2.33 bits per heavy atom. The van der Waals surface area contributed by atoms with Crippen molar-refractivity contribution < 1.29 is 14.6 Å². The molecular weight excluding hydrogens is 230 g/mol. The SMILES string of the molecule is CC(C)Oc1ccc(C(C)(C)CNC(=O)O)cc1. The van der Waals surface area contributed by atoms with Crippen LogP contribution >= 0.6 is 0 Å². The van der Waals surface area contributed by atoms with Crippen LogP contribution in [0.4, 0.5) is 4.79 Å². The average Bonchev–Trinajstić information content (AvgIpc) is 2.26. The Morgan fingerprint density at radius 2 is 1.89 bits per heavy atom. The van der Waals surface area contributed by atoms with E-state index >= 15 is 0 Å². The molecule has 1 amide bonds. The molecule has 0 fully saturated rings. The number of hydrogen-bond donors (Lipinski definition) is 2. The summed E-state index contributed by atoms with van der Waals surface area (Å²) in [6.07, 6.45) is -0.847. The van der Waals surface area contributed by atoms with E-state index in [1.165, 1.54) is 0 Å². The number of hydrogen-bond acceptors (Lipinski definition) is 2. The summed E-state index contributed by atoms with van der Waals surface area (Å²) in [5, 5.41) is 11.1. The molecular formula is C14H21NO3. The van der Waals surface area contributed by atoms with Gasteiger partial charge in [0, 0.05) is 12.0 Å². The summed E-state index contributed by atoms with van der Waals surface area (Å²) in [7, 11) is 0. The van der Waals surface area contributed by atoms with Crippen molar-refractivity contribution in [2.45, 2.75) is 39.2 Å². The van der Waals surface area contributed by atoms with Gasteiger partial charge in [-0.15, -0.1) is 0 Å². The summed E-state index contributed by atoms with van der Waals surface area (Å²) < 4.78 is 5.57. The van der Waals surface area contributed by atoms with Crippen LogP contribution in [-0.4, -0.2) is 23.8 Å². The molecule has 0 spiro atoms. The molecule has 4 nitrogen and oxygen atoms in total. The summed E-state index contributed by atoms with van der Waals surface area (Å²) in [6, 6.07) is 7.78. The number of amides is 1. The van der Waals surface area contributed by atoms with Gasteiger partial charge in [0.05, 0.1) is 6.10 Å². The maximum Gasteiger partial charge on any atom is 0.404 e. The number of carboxylic acid groups (broad SMARTS) is 1. The number of rotatable bonds is 5. The van der Waals surface area contributed by atoms with Crippen LogP contribution in [0.25, 0.3) is 0 Å². The van der Waals surface area contributed by atoms with Crippen molar-refractivity contribution in [3.8, 4) is 5.75 Å². The molecule has 0 saturated heterocycles. The van der Waals surface area contributed by atoms with Gasteiger partial charge in [0.2, 0.25) is 0 Å². The van der Waals surface area contributed by atoms with Crippen LogP contribution in [0.2, 0.25) is 0 Å². The first kappa shape index (κ1) is 14.4. The molecule has 0 saturated carbocycles. The zero-order valence-electron chi connectivity index (χ0n) is 11.4. The third-order valence-corrected chi connectivity index (χ3v) is 2.69. The molecule has 0 bridgehead atoms. The van der Waals surface area contributed by atoms with E-state index in [9.17, 15) is 4.79 Å². The van der Waals surface area contributed by atoms with Gasteiger partial charge in [-0.1, -0.05) is 26.0 Å². The van der Waals surface area contributed by atoms with E-state index in [0.29, 0.717) is 6.54 Å². The second-order valence-corrected chi connectivity index (χ2v) is 5.23. The highest BCUT2D eigenvalue weighted by Gasteiger charge is 2.21. The molecule has 0 radical (unpaired) electrons. The van der Waals surface area contributed by atoms with Gasteiger partial charge in [0.25, 0.3) is 0 Å². The minimum Gasteiger partial charge on any atom is -0.491 e. The fraction of sp³-hybridized carbons (Fsp3) is 0.500. The Balaban J connectivity index is 2.73. The maximum atomic E-state index is 10.5. The first-order valence-electron chi connectivity index (χ1n) is 6.05. The van der Waals surface area contributed by atoms with Gasteiger partial charge in [0.1, 0.15) is 5.75 Å². The van der Waals surface area contributed by atoms with Gasteiger partial charge in [-0.05, 0) is 31.5 Å². The standard InChI is InChI=1S/C14H21NO3/c1-10(2)18-12-7-5-11(6-8-12)14(3,4)9-15-13(16)17/h5-8,10,15H,9H2,1-4H3,(H,16,17). The summed E-state index contributed by atoms with van der Waals surface area (Å²) in [6.45, 7) is 8.35. The van der Waals surface area contributed by atoms with E-state index in [2.05, 4.69) is 5.32 Å². The van der Waals surface area contributed by atoms with Gasteiger partial charge >= 0.3 is 6.09 Å². The predicted molar refractivity (Wildman–Crippen MR) is 71.3 cm³/mol. The summed E-state index contributed by atoms with van der Waals surface area (Å²) >= 11 is 0. The highest BCUT2D eigenvalue weighted by atomic mass is 16.5. The van der Waals surface area contributed by atoms with Crippen LogP contribution in [0.15, 0.2) is 24.3 Å². The molecule has 1 aromatic rings. The van der Waals surface area contributed by atoms with Crippen molar-refractivity contribution in [1.82, 2.24) is 5.32 Å². The number of ether oxygens (including phenoxy) is 1. The lowest BCUT2D eigenvalue weighted by atomic mass is 9.84. The van der Waals surface area contributed by atoms with Crippen LogP contribution in [0.3, 0.4) is 0 Å². The Morgan fingerprint density at radius 1 is 1.33 bits per heavy atom. The molecule has 0 atom stereocenters. The highest BCUT2D eigenvalue weighted by molar-refractivity contribution is 5.64. The largest absolute Gasteiger partial charge is 0.491 e. The van der Waals surface area contributed by atoms with E-state index in [4.69, 9.17) is 9.84 Å². The van der Waals surface area contributed by atoms with E-state index in [-0.39, 0.29) is 11.5 Å². The monoisotopic (exact) mass is 251 g/mol. The second kappa shape index (κ2) is 5.76. The first-order chi connectivity index (χ1) is 8.31. The van der Waals surface area contributed by atoms with Gasteiger partial charge in [-0.3, -0.25) is 0 Å². The lowest BCUT2D eigenvalue weighted by Crippen LogP contribution is -2.35. The topological polar surface area (TPSA) is 58.6 Å². The Labute approximate surface area is 108 Å². The molecule has 0 heterocycles. The van der Waals surface area contributed by atoms with Crippen LogP contribution in [0, 0.1) is 0 Å². The fourth-order valence-electron chi connectivity index (χ4n) is 1.66. The molecule has 1 rings (SSSR count). The van der Waals surface area contributed by atoms with Crippen molar-refractivity contribution in [3.05, 3.63) is 29.8 Å². The molecule has 2 N–H and O–H groups in total. The fourth-order valence-corrected chi connectivity index (χ4v) is 1.66. The Bertz CT molecular complexity index is 396. The van der Waals surface area contributed by atoms with Crippen LogP contribution in [-0.2, 0) is 5.41 Å². The van der Waals surface area contributed by atoms with Gasteiger partial charge < -0.3 is 15.2 Å². The van der Waals surface area contributed by atoms with Crippen molar-refractivity contribution in [2.24, 2.45) is 0 Å². The van der Waals surface area contributed by atoms with Crippen LogP contribution in [0.5, 0.6) is 5.75 Å². The number of benzene rings is 1. The first-order valence-corrected chi connectivity index (χ1v) is 6.05. The van der Waals surface area contributed by atoms with Crippen molar-refractivity contribution in [1.29, 1.82) is 0 Å². The predicted octanol–water partition coefficient (Wildman–Crippen LogP) is 3.02. The van der Waals surface area contributed by atoms with Gasteiger partial charge in [-0.2, -0.15) is 0 Å². The van der Waals surface area contributed by atoms with E-state index < -0.39 is 6.09 Å². The van der Waals surface area contributed by atoms with Crippen LogP contribution in [0.1, 0.15) is 33.3 Å².